The molecule has 2 heteroatoms. The molecule has 1 aliphatic rings. The highest BCUT2D eigenvalue weighted by molar-refractivity contribution is 9.10. The number of hydrogen-bond acceptors (Lipinski definition) is 1. The van der Waals surface area contributed by atoms with Gasteiger partial charge in [0.05, 0.1) is 0 Å². The fourth-order valence-corrected chi connectivity index (χ4v) is 2.10. The molecule has 1 atom stereocenters. The monoisotopic (exact) mass is 251 g/mol. The van der Waals surface area contributed by atoms with Gasteiger partial charge in [-0.2, -0.15) is 0 Å². The van der Waals surface area contributed by atoms with Gasteiger partial charge in [0.15, 0.2) is 0 Å². The molecular weight excluding hydrogens is 238 g/mol. The van der Waals surface area contributed by atoms with E-state index in [-0.39, 0.29) is 0 Å². The minimum Gasteiger partial charge on any atom is -0.371 e. The Morgan fingerprint density at radius 1 is 1.43 bits per heavy atom. The van der Waals surface area contributed by atoms with E-state index in [0.717, 1.165) is 10.9 Å². The second kappa shape index (κ2) is 3.77. The molecule has 1 heterocycles. The molecule has 0 saturated heterocycles. The van der Waals surface area contributed by atoms with E-state index in [9.17, 15) is 0 Å². The number of benzene rings is 1. The maximum Gasteiger partial charge on any atom is 0.0450 e. The largest absolute Gasteiger partial charge is 0.371 e. The van der Waals surface area contributed by atoms with Gasteiger partial charge in [0, 0.05) is 23.2 Å². The minimum absolute atomic E-state index is 0.571. The van der Waals surface area contributed by atoms with Gasteiger partial charge >= 0.3 is 0 Å². The first-order valence-electron chi connectivity index (χ1n) is 4.87. The Kier molecular flexibility index (Phi) is 2.64. The topological polar surface area (TPSA) is 3.24 Å². The smallest absolute Gasteiger partial charge is 0.0450 e. The SMILES string of the molecule is CC1CC=Cc2ccc(Br)cc2N1C. The lowest BCUT2D eigenvalue weighted by Gasteiger charge is -2.26. The first-order valence-corrected chi connectivity index (χ1v) is 5.66. The molecule has 0 bridgehead atoms. The van der Waals surface area contributed by atoms with Gasteiger partial charge < -0.3 is 4.90 Å². The maximum absolute atomic E-state index is 3.51. The van der Waals surface area contributed by atoms with Crippen LogP contribution in [0.15, 0.2) is 28.7 Å². The summed E-state index contributed by atoms with van der Waals surface area (Å²) >= 11 is 3.51. The predicted octanol–water partition coefficient (Wildman–Crippen LogP) is 3.69. The summed E-state index contributed by atoms with van der Waals surface area (Å²) in [5.41, 5.74) is 2.61. The van der Waals surface area contributed by atoms with Gasteiger partial charge in [-0.25, -0.2) is 0 Å². The molecule has 0 aromatic heterocycles. The van der Waals surface area contributed by atoms with Crippen LogP contribution in [0, 0.1) is 0 Å². The zero-order chi connectivity index (χ0) is 10.1. The molecule has 1 nitrogen and oxygen atoms in total. The number of fused-ring (bicyclic) bond motifs is 1. The standard InChI is InChI=1S/C12H14BrN/c1-9-4-3-5-10-6-7-11(13)8-12(10)14(9)2/h3,5-9H,4H2,1-2H3. The summed E-state index contributed by atoms with van der Waals surface area (Å²) in [7, 11) is 2.16. The van der Waals surface area contributed by atoms with E-state index in [1.54, 1.807) is 0 Å². The van der Waals surface area contributed by atoms with Crippen LogP contribution >= 0.6 is 15.9 Å². The van der Waals surface area contributed by atoms with E-state index >= 15 is 0 Å². The lowest BCUT2D eigenvalue weighted by atomic mass is 10.1. The molecule has 0 N–H and O–H groups in total. The van der Waals surface area contributed by atoms with Crippen LogP contribution in [-0.4, -0.2) is 13.1 Å². The highest BCUT2D eigenvalue weighted by Gasteiger charge is 2.14. The Morgan fingerprint density at radius 2 is 2.21 bits per heavy atom. The highest BCUT2D eigenvalue weighted by Crippen LogP contribution is 2.29. The Hall–Kier alpha value is -0.760. The Labute approximate surface area is 93.6 Å². The zero-order valence-corrected chi connectivity index (χ0v) is 10.1. The van der Waals surface area contributed by atoms with Crippen molar-refractivity contribution < 1.29 is 0 Å². The van der Waals surface area contributed by atoms with E-state index in [1.807, 2.05) is 0 Å². The van der Waals surface area contributed by atoms with Crippen LogP contribution in [0.4, 0.5) is 5.69 Å². The normalized spacial score (nSPS) is 20.5. The van der Waals surface area contributed by atoms with Crippen LogP contribution in [0.25, 0.3) is 6.08 Å². The average Bonchev–Trinajstić information content (AvgIpc) is 2.30. The molecule has 0 aliphatic carbocycles. The van der Waals surface area contributed by atoms with Crippen molar-refractivity contribution in [1.29, 1.82) is 0 Å². The third kappa shape index (κ3) is 1.71. The first kappa shape index (κ1) is 9.78. The molecule has 1 aromatic carbocycles. The summed E-state index contributed by atoms with van der Waals surface area (Å²) in [6, 6.07) is 7.00. The van der Waals surface area contributed by atoms with Gasteiger partial charge in [-0.3, -0.25) is 0 Å². The summed E-state index contributed by atoms with van der Waals surface area (Å²) in [5.74, 6) is 0. The lowest BCUT2D eigenvalue weighted by Crippen LogP contribution is -2.27. The summed E-state index contributed by atoms with van der Waals surface area (Å²) in [6.45, 7) is 2.25. The van der Waals surface area contributed by atoms with E-state index in [2.05, 4.69) is 65.2 Å². The van der Waals surface area contributed by atoms with E-state index in [4.69, 9.17) is 0 Å². The fraction of sp³-hybridized carbons (Fsp3) is 0.333. The molecular formula is C12H14BrN. The molecule has 14 heavy (non-hydrogen) atoms. The quantitative estimate of drug-likeness (QED) is 0.680. The van der Waals surface area contributed by atoms with Gasteiger partial charge in [-0.1, -0.05) is 34.1 Å². The fourth-order valence-electron chi connectivity index (χ4n) is 1.75. The van der Waals surface area contributed by atoms with Crippen molar-refractivity contribution in [3.05, 3.63) is 34.3 Å². The van der Waals surface area contributed by atoms with Crippen LogP contribution in [0.1, 0.15) is 18.9 Å². The molecule has 0 radical (unpaired) electrons. The molecule has 0 fully saturated rings. The van der Waals surface area contributed by atoms with Crippen LogP contribution in [0.3, 0.4) is 0 Å². The summed E-state index contributed by atoms with van der Waals surface area (Å²) in [6.07, 6.45) is 5.57. The van der Waals surface area contributed by atoms with Gasteiger partial charge in [-0.15, -0.1) is 0 Å². The average molecular weight is 252 g/mol. The van der Waals surface area contributed by atoms with Crippen LogP contribution < -0.4 is 4.90 Å². The van der Waals surface area contributed by atoms with E-state index in [1.165, 1.54) is 11.3 Å². The van der Waals surface area contributed by atoms with Crippen molar-refractivity contribution in [3.63, 3.8) is 0 Å². The van der Waals surface area contributed by atoms with Crippen molar-refractivity contribution in [2.45, 2.75) is 19.4 Å². The summed E-state index contributed by atoms with van der Waals surface area (Å²) < 4.78 is 1.14. The highest BCUT2D eigenvalue weighted by atomic mass is 79.9. The van der Waals surface area contributed by atoms with Crippen molar-refractivity contribution >= 4 is 27.7 Å². The molecule has 1 unspecified atom stereocenters. The van der Waals surface area contributed by atoms with E-state index in [0.29, 0.717) is 6.04 Å². The van der Waals surface area contributed by atoms with Gasteiger partial charge in [-0.05, 0) is 31.0 Å². The molecule has 2 rings (SSSR count). The molecule has 0 saturated carbocycles. The van der Waals surface area contributed by atoms with Gasteiger partial charge in [0.25, 0.3) is 0 Å². The zero-order valence-electron chi connectivity index (χ0n) is 8.50. The van der Waals surface area contributed by atoms with Gasteiger partial charge in [0.2, 0.25) is 0 Å². The van der Waals surface area contributed by atoms with Crippen molar-refractivity contribution in [2.24, 2.45) is 0 Å². The van der Waals surface area contributed by atoms with E-state index < -0.39 is 0 Å². The molecule has 0 amide bonds. The predicted molar refractivity (Wildman–Crippen MR) is 65.7 cm³/mol. The Morgan fingerprint density at radius 3 is 3.00 bits per heavy atom. The summed E-state index contributed by atoms with van der Waals surface area (Å²) in [5, 5.41) is 0. The molecule has 1 aliphatic heterocycles. The second-order valence-corrected chi connectivity index (χ2v) is 4.72. The van der Waals surface area contributed by atoms with Crippen LogP contribution in [0.5, 0.6) is 0 Å². The second-order valence-electron chi connectivity index (χ2n) is 3.80. The third-order valence-corrected chi connectivity index (χ3v) is 3.30. The number of nitrogens with zero attached hydrogens (tertiary/aromatic N) is 1. The van der Waals surface area contributed by atoms with Crippen molar-refractivity contribution in [2.75, 3.05) is 11.9 Å². The molecule has 1 aromatic rings. The first-order chi connectivity index (χ1) is 6.68. The number of rotatable bonds is 0. The number of anilines is 1. The maximum atomic E-state index is 3.51. The van der Waals surface area contributed by atoms with Gasteiger partial charge in [0.1, 0.15) is 0 Å². The summed E-state index contributed by atoms with van der Waals surface area (Å²) in [4.78, 5) is 2.33. The Bertz CT molecular complexity index is 371. The van der Waals surface area contributed by atoms with Crippen molar-refractivity contribution in [1.82, 2.24) is 0 Å². The van der Waals surface area contributed by atoms with Crippen LogP contribution in [0.2, 0.25) is 0 Å². The minimum atomic E-state index is 0.571. The third-order valence-electron chi connectivity index (χ3n) is 2.81. The van der Waals surface area contributed by atoms with Crippen molar-refractivity contribution in [3.8, 4) is 0 Å². The lowest BCUT2D eigenvalue weighted by molar-refractivity contribution is 0.701. The number of hydrogen-bond donors (Lipinski definition) is 0. The van der Waals surface area contributed by atoms with Crippen LogP contribution in [-0.2, 0) is 0 Å². The number of halogens is 1. The molecule has 74 valence electrons. The Balaban J connectivity index is 2.52. The molecule has 0 spiro atoms.